The van der Waals surface area contributed by atoms with Crippen LogP contribution in [0.25, 0.3) is 0 Å². The topological polar surface area (TPSA) is 49.8 Å². The van der Waals surface area contributed by atoms with Crippen molar-refractivity contribution in [2.45, 2.75) is 18.7 Å². The van der Waals surface area contributed by atoms with E-state index in [1.165, 1.54) is 0 Å². The summed E-state index contributed by atoms with van der Waals surface area (Å²) in [6.07, 6.45) is -4.53. The van der Waals surface area contributed by atoms with Crippen LogP contribution in [0.5, 0.6) is 0 Å². The number of nitrogens with zero attached hydrogens (tertiary/aromatic N) is 1. The predicted octanol–water partition coefficient (Wildman–Crippen LogP) is 2.52. The number of aliphatic carboxylic acids is 1. The van der Waals surface area contributed by atoms with Crippen LogP contribution in [0.2, 0.25) is 0 Å². The summed E-state index contributed by atoms with van der Waals surface area (Å²) in [5.74, 6) is -2.08. The maximum absolute atomic E-state index is 13.3. The number of alkyl halides is 3. The Morgan fingerprint density at radius 2 is 2.10 bits per heavy atom. The van der Waals surface area contributed by atoms with Gasteiger partial charge in [0.2, 0.25) is 0 Å². The van der Waals surface area contributed by atoms with Crippen molar-refractivity contribution < 1.29 is 32.2 Å². The second-order valence-electron chi connectivity index (χ2n) is 4.76. The zero-order valence-electron chi connectivity index (χ0n) is 10.9. The predicted molar refractivity (Wildman–Crippen MR) is 65.6 cm³/mol. The smallest absolute Gasteiger partial charge is 0.416 e. The first-order valence-electron chi connectivity index (χ1n) is 6.22. The second-order valence-corrected chi connectivity index (χ2v) is 4.76. The molecule has 1 N–H and O–H groups in total. The molecule has 4 nitrogen and oxygen atoms in total. The van der Waals surface area contributed by atoms with Crippen molar-refractivity contribution in [3.05, 3.63) is 29.6 Å². The van der Waals surface area contributed by atoms with E-state index in [1.54, 1.807) is 4.90 Å². The van der Waals surface area contributed by atoms with E-state index in [-0.39, 0.29) is 12.2 Å². The maximum atomic E-state index is 13.3. The highest BCUT2D eigenvalue weighted by molar-refractivity contribution is 5.68. The minimum atomic E-state index is -4.62. The van der Waals surface area contributed by atoms with Gasteiger partial charge in [-0.1, -0.05) is 0 Å². The fraction of sp³-hybridized carbons (Fsp3) is 0.462. The number of carboxylic acids is 1. The number of benzene rings is 1. The lowest BCUT2D eigenvalue weighted by atomic mass is 10.1. The molecule has 1 aromatic carbocycles. The molecular weight excluding hydrogens is 294 g/mol. The molecule has 1 aliphatic rings. The molecule has 8 heteroatoms. The van der Waals surface area contributed by atoms with Gasteiger partial charge in [-0.3, -0.25) is 0 Å². The van der Waals surface area contributed by atoms with Crippen LogP contribution in [0.4, 0.5) is 23.2 Å². The monoisotopic (exact) mass is 307 g/mol. The molecule has 1 unspecified atom stereocenters. The fourth-order valence-corrected chi connectivity index (χ4v) is 2.21. The Hall–Kier alpha value is -1.83. The Labute approximate surface area is 117 Å². The van der Waals surface area contributed by atoms with Gasteiger partial charge in [-0.2, -0.15) is 13.2 Å². The van der Waals surface area contributed by atoms with E-state index in [9.17, 15) is 22.4 Å². The highest BCUT2D eigenvalue weighted by Crippen LogP contribution is 2.33. The lowest BCUT2D eigenvalue weighted by Crippen LogP contribution is -2.25. The van der Waals surface area contributed by atoms with Gasteiger partial charge in [-0.25, -0.2) is 9.18 Å². The number of ether oxygens (including phenoxy) is 1. The van der Waals surface area contributed by atoms with Crippen LogP contribution >= 0.6 is 0 Å². The van der Waals surface area contributed by atoms with Crippen molar-refractivity contribution in [2.24, 2.45) is 0 Å². The highest BCUT2D eigenvalue weighted by atomic mass is 19.4. The van der Waals surface area contributed by atoms with Crippen LogP contribution in [0.3, 0.4) is 0 Å². The molecule has 1 atom stereocenters. The van der Waals surface area contributed by atoms with Crippen LogP contribution in [0, 0.1) is 5.82 Å². The Morgan fingerprint density at radius 1 is 1.38 bits per heavy atom. The van der Waals surface area contributed by atoms with Gasteiger partial charge in [0, 0.05) is 18.8 Å². The first-order chi connectivity index (χ1) is 9.75. The molecule has 1 aromatic rings. The third kappa shape index (κ3) is 4.07. The molecule has 0 radical (unpaired) electrons. The Bertz CT molecular complexity index is 533. The Morgan fingerprint density at radius 3 is 2.71 bits per heavy atom. The van der Waals surface area contributed by atoms with Gasteiger partial charge in [0.25, 0.3) is 0 Å². The van der Waals surface area contributed by atoms with E-state index in [0.29, 0.717) is 19.0 Å². The van der Waals surface area contributed by atoms with Crippen molar-refractivity contribution in [2.75, 3.05) is 24.6 Å². The summed E-state index contributed by atoms with van der Waals surface area (Å²) >= 11 is 0. The first kappa shape index (κ1) is 15.6. The number of carboxylic acid groups (broad SMARTS) is 1. The third-order valence-corrected chi connectivity index (χ3v) is 3.16. The van der Waals surface area contributed by atoms with Crippen LogP contribution in [-0.2, 0) is 15.7 Å². The van der Waals surface area contributed by atoms with Crippen molar-refractivity contribution in [1.29, 1.82) is 0 Å². The van der Waals surface area contributed by atoms with Crippen molar-refractivity contribution in [3.63, 3.8) is 0 Å². The molecular formula is C13H13F4NO3. The summed E-state index contributed by atoms with van der Waals surface area (Å²) in [6, 6.07) is 2.34. The van der Waals surface area contributed by atoms with E-state index >= 15 is 0 Å². The number of rotatable bonds is 4. The van der Waals surface area contributed by atoms with E-state index in [2.05, 4.69) is 0 Å². The van der Waals surface area contributed by atoms with Gasteiger partial charge in [-0.15, -0.1) is 0 Å². The zero-order chi connectivity index (χ0) is 15.6. The molecule has 0 amide bonds. The van der Waals surface area contributed by atoms with Gasteiger partial charge in [0.15, 0.2) is 0 Å². The Balaban J connectivity index is 2.09. The quantitative estimate of drug-likeness (QED) is 0.869. The molecule has 116 valence electrons. The molecule has 1 aliphatic heterocycles. The van der Waals surface area contributed by atoms with Crippen LogP contribution in [-0.4, -0.2) is 36.9 Å². The lowest BCUT2D eigenvalue weighted by molar-refractivity contribution is -0.144. The average molecular weight is 307 g/mol. The zero-order valence-corrected chi connectivity index (χ0v) is 10.9. The molecule has 21 heavy (non-hydrogen) atoms. The number of halogens is 4. The van der Waals surface area contributed by atoms with Crippen molar-refractivity contribution in [3.8, 4) is 0 Å². The molecule has 1 fully saturated rings. The van der Waals surface area contributed by atoms with E-state index in [0.717, 1.165) is 12.1 Å². The van der Waals surface area contributed by atoms with Crippen molar-refractivity contribution in [1.82, 2.24) is 0 Å². The van der Waals surface area contributed by atoms with E-state index < -0.39 is 36.2 Å². The molecule has 0 aromatic heterocycles. The molecule has 1 saturated heterocycles. The average Bonchev–Trinajstić information content (AvgIpc) is 2.83. The minimum absolute atomic E-state index is 0.115. The molecule has 0 bridgehead atoms. The van der Waals surface area contributed by atoms with Crippen LogP contribution in [0.1, 0.15) is 12.0 Å². The second kappa shape index (κ2) is 5.88. The summed E-state index contributed by atoms with van der Waals surface area (Å²) in [6.45, 7) is 0.147. The molecule has 1 heterocycles. The summed E-state index contributed by atoms with van der Waals surface area (Å²) in [4.78, 5) is 11.9. The lowest BCUT2D eigenvalue weighted by Gasteiger charge is -2.20. The SMILES string of the molecule is O=C(O)COC1CCN(c2cc(F)cc(C(F)(F)F)c2)C1. The molecule has 0 aliphatic carbocycles. The number of hydrogen-bond acceptors (Lipinski definition) is 3. The first-order valence-corrected chi connectivity index (χ1v) is 6.22. The van der Waals surface area contributed by atoms with Crippen LogP contribution < -0.4 is 4.90 Å². The molecule has 0 spiro atoms. The number of anilines is 1. The highest BCUT2D eigenvalue weighted by Gasteiger charge is 2.33. The third-order valence-electron chi connectivity index (χ3n) is 3.16. The largest absolute Gasteiger partial charge is 0.480 e. The standard InChI is InChI=1S/C13H13F4NO3/c14-9-3-8(13(15,16)17)4-10(5-9)18-2-1-11(6-18)21-7-12(19)20/h3-5,11H,1-2,6-7H2,(H,19,20). The van der Waals surface area contributed by atoms with Crippen molar-refractivity contribution >= 4 is 11.7 Å². The van der Waals surface area contributed by atoms with E-state index in [4.69, 9.17) is 9.84 Å². The summed E-state index contributed by atoms with van der Waals surface area (Å²) < 4.78 is 56.4. The van der Waals surface area contributed by atoms with Gasteiger partial charge in [-0.05, 0) is 24.6 Å². The van der Waals surface area contributed by atoms with Gasteiger partial charge in [0.1, 0.15) is 12.4 Å². The number of hydrogen-bond donors (Lipinski definition) is 1. The normalized spacial score (nSPS) is 19.0. The van der Waals surface area contributed by atoms with E-state index in [1.807, 2.05) is 0 Å². The molecule has 0 saturated carbocycles. The van der Waals surface area contributed by atoms with Gasteiger partial charge in [0.05, 0.1) is 11.7 Å². The molecule has 2 rings (SSSR count). The Kier molecular flexibility index (Phi) is 4.36. The summed E-state index contributed by atoms with van der Waals surface area (Å²) in [5.41, 5.74) is -0.934. The fourth-order valence-electron chi connectivity index (χ4n) is 2.21. The van der Waals surface area contributed by atoms with Gasteiger partial charge < -0.3 is 14.7 Å². The minimum Gasteiger partial charge on any atom is -0.480 e. The van der Waals surface area contributed by atoms with Crippen LogP contribution in [0.15, 0.2) is 18.2 Å². The maximum Gasteiger partial charge on any atom is 0.416 e. The number of carbonyl (C=O) groups is 1. The van der Waals surface area contributed by atoms with Gasteiger partial charge >= 0.3 is 12.1 Å². The summed E-state index contributed by atoms with van der Waals surface area (Å²) in [7, 11) is 0. The summed E-state index contributed by atoms with van der Waals surface area (Å²) in [5, 5.41) is 8.51.